The highest BCUT2D eigenvalue weighted by Gasteiger charge is 1.92. The Bertz CT molecular complexity index is 85.6. The van der Waals surface area contributed by atoms with Crippen LogP contribution in [0.4, 0.5) is 0 Å². The number of carboxylic acid groups (broad SMARTS) is 1. The third-order valence-corrected chi connectivity index (χ3v) is 1.17. The minimum atomic E-state index is -0.711. The number of rotatable bonds is 2. The standard InChI is InChI=1S/C4H8O2.C3H7N/c1-2-3-4(5)6;1-2-4-3-1/h2-3H2,1H3,(H,5,6);4H,1-3H2. The molecule has 0 aromatic rings. The van der Waals surface area contributed by atoms with E-state index in [0.717, 1.165) is 6.42 Å². The maximum absolute atomic E-state index is 9.60. The Hall–Kier alpha value is -0.570. The summed E-state index contributed by atoms with van der Waals surface area (Å²) in [6.45, 7) is 4.34. The largest absolute Gasteiger partial charge is 0.481 e. The first-order valence-corrected chi connectivity index (χ1v) is 3.70. The number of aliphatic carboxylic acids is 1. The zero-order valence-corrected chi connectivity index (χ0v) is 6.39. The molecule has 0 spiro atoms. The van der Waals surface area contributed by atoms with E-state index in [2.05, 4.69) is 5.32 Å². The van der Waals surface area contributed by atoms with Crippen LogP contribution in [0.1, 0.15) is 26.2 Å². The smallest absolute Gasteiger partial charge is 0.303 e. The molecule has 1 heterocycles. The summed E-state index contributed by atoms with van der Waals surface area (Å²) in [5.41, 5.74) is 0. The second-order valence-electron chi connectivity index (χ2n) is 2.25. The summed E-state index contributed by atoms with van der Waals surface area (Å²) in [7, 11) is 0. The van der Waals surface area contributed by atoms with Crippen molar-refractivity contribution in [3.8, 4) is 0 Å². The Balaban J connectivity index is 0.000000172. The van der Waals surface area contributed by atoms with Crippen molar-refractivity contribution >= 4 is 5.97 Å². The Morgan fingerprint density at radius 2 is 2.00 bits per heavy atom. The third-order valence-electron chi connectivity index (χ3n) is 1.17. The van der Waals surface area contributed by atoms with Crippen LogP contribution >= 0.6 is 0 Å². The second-order valence-corrected chi connectivity index (χ2v) is 2.25. The number of carbonyl (C=O) groups is 1. The lowest BCUT2D eigenvalue weighted by molar-refractivity contribution is -0.137. The van der Waals surface area contributed by atoms with Crippen molar-refractivity contribution in [1.29, 1.82) is 0 Å². The fourth-order valence-corrected chi connectivity index (χ4v) is 0.391. The molecule has 0 amide bonds. The Labute approximate surface area is 61.4 Å². The van der Waals surface area contributed by atoms with Crippen molar-refractivity contribution in [2.75, 3.05) is 13.1 Å². The maximum atomic E-state index is 9.60. The lowest BCUT2D eigenvalue weighted by Gasteiger charge is -2.09. The van der Waals surface area contributed by atoms with E-state index < -0.39 is 5.97 Å². The number of hydrogen-bond donors (Lipinski definition) is 2. The molecule has 0 saturated carbocycles. The molecule has 0 atom stereocenters. The van der Waals surface area contributed by atoms with Crippen LogP contribution in [0.5, 0.6) is 0 Å². The van der Waals surface area contributed by atoms with Gasteiger partial charge in [0, 0.05) is 6.42 Å². The van der Waals surface area contributed by atoms with E-state index in [1.54, 1.807) is 0 Å². The molecule has 1 rings (SSSR count). The van der Waals surface area contributed by atoms with Gasteiger partial charge in [-0.15, -0.1) is 0 Å². The molecular weight excluding hydrogens is 130 g/mol. The van der Waals surface area contributed by atoms with Gasteiger partial charge in [-0.3, -0.25) is 4.79 Å². The van der Waals surface area contributed by atoms with Crippen LogP contribution < -0.4 is 5.32 Å². The maximum Gasteiger partial charge on any atom is 0.303 e. The molecule has 0 unspecified atom stereocenters. The number of hydrogen-bond acceptors (Lipinski definition) is 2. The SMILES string of the molecule is C1CNC1.CCCC(=O)O. The molecule has 0 aromatic carbocycles. The van der Waals surface area contributed by atoms with E-state index in [4.69, 9.17) is 5.11 Å². The third kappa shape index (κ3) is 7.43. The van der Waals surface area contributed by atoms with E-state index in [1.807, 2.05) is 6.92 Å². The molecule has 3 nitrogen and oxygen atoms in total. The highest BCUT2D eigenvalue weighted by atomic mass is 16.4. The van der Waals surface area contributed by atoms with Crippen LogP contribution in [0.25, 0.3) is 0 Å². The van der Waals surface area contributed by atoms with E-state index in [1.165, 1.54) is 19.5 Å². The molecule has 10 heavy (non-hydrogen) atoms. The summed E-state index contributed by atoms with van der Waals surface area (Å²) < 4.78 is 0. The molecule has 3 heteroatoms. The van der Waals surface area contributed by atoms with Crippen molar-refractivity contribution < 1.29 is 9.90 Å². The average molecular weight is 145 g/mol. The fourth-order valence-electron chi connectivity index (χ4n) is 0.391. The van der Waals surface area contributed by atoms with Crippen molar-refractivity contribution in [2.24, 2.45) is 0 Å². The molecule has 0 aliphatic carbocycles. The first-order chi connectivity index (χ1) is 4.77. The van der Waals surface area contributed by atoms with Crippen LogP contribution in [0.2, 0.25) is 0 Å². The van der Waals surface area contributed by atoms with E-state index >= 15 is 0 Å². The molecule has 1 saturated heterocycles. The van der Waals surface area contributed by atoms with Gasteiger partial charge in [0.2, 0.25) is 0 Å². The van der Waals surface area contributed by atoms with Crippen LogP contribution in [0.15, 0.2) is 0 Å². The van der Waals surface area contributed by atoms with E-state index in [0.29, 0.717) is 6.42 Å². The molecule has 0 bridgehead atoms. The first kappa shape index (κ1) is 9.43. The van der Waals surface area contributed by atoms with Gasteiger partial charge in [0.1, 0.15) is 0 Å². The monoisotopic (exact) mass is 145 g/mol. The Kier molecular flexibility index (Phi) is 6.18. The van der Waals surface area contributed by atoms with Gasteiger partial charge in [-0.25, -0.2) is 0 Å². The van der Waals surface area contributed by atoms with E-state index in [9.17, 15) is 4.79 Å². The van der Waals surface area contributed by atoms with E-state index in [-0.39, 0.29) is 0 Å². The number of carboxylic acids is 1. The molecule has 1 aliphatic heterocycles. The molecule has 2 N–H and O–H groups in total. The molecule has 1 fully saturated rings. The highest BCUT2D eigenvalue weighted by Crippen LogP contribution is 1.82. The van der Waals surface area contributed by atoms with Gasteiger partial charge in [0.25, 0.3) is 0 Å². The summed E-state index contributed by atoms with van der Waals surface area (Å²) in [4.78, 5) is 9.60. The molecule has 1 aliphatic rings. The lowest BCUT2D eigenvalue weighted by atomic mass is 10.3. The summed E-state index contributed by atoms with van der Waals surface area (Å²) in [5, 5.41) is 11.0. The predicted molar refractivity (Wildman–Crippen MR) is 40.0 cm³/mol. The van der Waals surface area contributed by atoms with Gasteiger partial charge in [0.05, 0.1) is 0 Å². The quantitative estimate of drug-likeness (QED) is 0.605. The van der Waals surface area contributed by atoms with Gasteiger partial charge in [-0.2, -0.15) is 0 Å². The summed E-state index contributed by atoms with van der Waals surface area (Å²) in [6.07, 6.45) is 2.41. The number of nitrogens with one attached hydrogen (secondary N) is 1. The van der Waals surface area contributed by atoms with Gasteiger partial charge in [-0.05, 0) is 25.9 Å². The molecule has 60 valence electrons. The van der Waals surface area contributed by atoms with Crippen LogP contribution in [-0.4, -0.2) is 24.2 Å². The van der Waals surface area contributed by atoms with Crippen molar-refractivity contribution in [1.82, 2.24) is 5.32 Å². The Morgan fingerprint density at radius 1 is 1.60 bits per heavy atom. The van der Waals surface area contributed by atoms with Gasteiger partial charge < -0.3 is 10.4 Å². The first-order valence-electron chi connectivity index (χ1n) is 3.70. The van der Waals surface area contributed by atoms with Crippen molar-refractivity contribution in [2.45, 2.75) is 26.2 Å². The van der Waals surface area contributed by atoms with Gasteiger partial charge >= 0.3 is 5.97 Å². The topological polar surface area (TPSA) is 49.3 Å². The Morgan fingerprint density at radius 3 is 2.00 bits per heavy atom. The minimum Gasteiger partial charge on any atom is -0.481 e. The summed E-state index contributed by atoms with van der Waals surface area (Å²) in [5.74, 6) is -0.711. The zero-order chi connectivity index (χ0) is 7.82. The fraction of sp³-hybridized carbons (Fsp3) is 0.857. The zero-order valence-electron chi connectivity index (χ0n) is 6.39. The van der Waals surface area contributed by atoms with Crippen LogP contribution in [0, 0.1) is 0 Å². The predicted octanol–water partition coefficient (Wildman–Crippen LogP) is 0.851. The summed E-state index contributed by atoms with van der Waals surface area (Å²) >= 11 is 0. The van der Waals surface area contributed by atoms with Crippen molar-refractivity contribution in [3.63, 3.8) is 0 Å². The highest BCUT2D eigenvalue weighted by molar-refractivity contribution is 5.66. The minimum absolute atomic E-state index is 0.292. The van der Waals surface area contributed by atoms with Crippen LogP contribution in [0.3, 0.4) is 0 Å². The second kappa shape index (κ2) is 6.55. The van der Waals surface area contributed by atoms with Gasteiger partial charge in [0.15, 0.2) is 0 Å². The molecular formula is C7H15NO2. The summed E-state index contributed by atoms with van der Waals surface area (Å²) in [6, 6.07) is 0. The molecule has 0 aromatic heterocycles. The van der Waals surface area contributed by atoms with Crippen molar-refractivity contribution in [3.05, 3.63) is 0 Å². The lowest BCUT2D eigenvalue weighted by Crippen LogP contribution is -2.29. The van der Waals surface area contributed by atoms with Crippen LogP contribution in [-0.2, 0) is 4.79 Å². The average Bonchev–Trinajstić information content (AvgIpc) is 1.58. The molecule has 0 radical (unpaired) electrons. The van der Waals surface area contributed by atoms with Gasteiger partial charge in [-0.1, -0.05) is 6.92 Å². The normalized spacial score (nSPS) is 14.5.